The van der Waals surface area contributed by atoms with E-state index in [1.54, 1.807) is 13.3 Å². The molecule has 1 aromatic heterocycles. The average molecular weight is 257 g/mol. The molecule has 1 aromatic carbocycles. The number of ether oxygens (including phenoxy) is 1. The fourth-order valence-electron chi connectivity index (χ4n) is 2.93. The number of hydrogen-bond donors (Lipinski definition) is 1. The summed E-state index contributed by atoms with van der Waals surface area (Å²) in [4.78, 5) is 0. The molecule has 0 saturated heterocycles. The van der Waals surface area contributed by atoms with Crippen molar-refractivity contribution in [2.45, 2.75) is 31.8 Å². The van der Waals surface area contributed by atoms with Crippen LogP contribution in [0, 0.1) is 0 Å². The summed E-state index contributed by atoms with van der Waals surface area (Å²) in [5, 5.41) is 4.33. The Morgan fingerprint density at radius 3 is 2.95 bits per heavy atom. The smallest absolute Gasteiger partial charge is 0.161 e. The number of hydrogen-bond acceptors (Lipinski definition) is 3. The minimum Gasteiger partial charge on any atom is -0.493 e. The molecule has 0 aliphatic heterocycles. The van der Waals surface area contributed by atoms with Gasteiger partial charge >= 0.3 is 0 Å². The van der Waals surface area contributed by atoms with Crippen LogP contribution in [0.3, 0.4) is 0 Å². The predicted molar refractivity (Wildman–Crippen MR) is 74.3 cm³/mol. The van der Waals surface area contributed by atoms with E-state index in [-0.39, 0.29) is 6.04 Å². The van der Waals surface area contributed by atoms with Crippen LogP contribution in [0.15, 0.2) is 30.5 Å². The zero-order chi connectivity index (χ0) is 13.4. The van der Waals surface area contributed by atoms with E-state index in [1.165, 1.54) is 11.1 Å². The third-order valence-electron chi connectivity index (χ3n) is 4.01. The van der Waals surface area contributed by atoms with Crippen molar-refractivity contribution in [2.24, 2.45) is 5.73 Å². The standard InChI is InChI=1S/C15H19N3O/c1-3-18-15(13(19-2)9-17-18)14(16)12-8-10-6-4-5-7-11(10)12/h4-7,9,12,14H,3,8,16H2,1-2H3. The molecule has 1 aliphatic rings. The Labute approximate surface area is 113 Å². The number of aromatic nitrogens is 2. The average Bonchev–Trinajstić information content (AvgIpc) is 2.82. The van der Waals surface area contributed by atoms with Crippen LogP contribution in [0.2, 0.25) is 0 Å². The van der Waals surface area contributed by atoms with Gasteiger partial charge in [-0.1, -0.05) is 24.3 Å². The second-order valence-corrected chi connectivity index (χ2v) is 4.95. The first-order valence-corrected chi connectivity index (χ1v) is 6.69. The van der Waals surface area contributed by atoms with Crippen LogP contribution in [0.4, 0.5) is 0 Å². The van der Waals surface area contributed by atoms with Crippen LogP contribution in [0.1, 0.15) is 35.7 Å². The topological polar surface area (TPSA) is 53.1 Å². The zero-order valence-electron chi connectivity index (χ0n) is 11.3. The number of rotatable bonds is 4. The monoisotopic (exact) mass is 257 g/mol. The van der Waals surface area contributed by atoms with Gasteiger partial charge in [0, 0.05) is 12.5 Å². The van der Waals surface area contributed by atoms with Crippen LogP contribution < -0.4 is 10.5 Å². The summed E-state index contributed by atoms with van der Waals surface area (Å²) in [6.45, 7) is 2.87. The highest BCUT2D eigenvalue weighted by atomic mass is 16.5. The third kappa shape index (κ3) is 1.83. The molecule has 0 saturated carbocycles. The minimum absolute atomic E-state index is 0.0627. The Kier molecular flexibility index (Phi) is 3.03. The van der Waals surface area contributed by atoms with E-state index < -0.39 is 0 Å². The highest BCUT2D eigenvalue weighted by Crippen LogP contribution is 2.44. The van der Waals surface area contributed by atoms with E-state index in [0.717, 1.165) is 24.4 Å². The third-order valence-corrected chi connectivity index (χ3v) is 4.01. The number of aryl methyl sites for hydroxylation is 1. The first-order chi connectivity index (χ1) is 9.26. The van der Waals surface area contributed by atoms with Gasteiger partial charge in [0.05, 0.1) is 25.0 Å². The summed E-state index contributed by atoms with van der Waals surface area (Å²) in [6.07, 6.45) is 2.79. The van der Waals surface area contributed by atoms with Gasteiger partial charge in [0.15, 0.2) is 5.75 Å². The lowest BCUT2D eigenvalue weighted by Gasteiger charge is -2.35. The van der Waals surface area contributed by atoms with Crippen molar-refractivity contribution in [1.82, 2.24) is 9.78 Å². The van der Waals surface area contributed by atoms with Gasteiger partial charge in [-0.2, -0.15) is 5.10 Å². The Morgan fingerprint density at radius 1 is 1.47 bits per heavy atom. The van der Waals surface area contributed by atoms with Gasteiger partial charge in [-0.3, -0.25) is 4.68 Å². The maximum atomic E-state index is 6.47. The molecule has 1 aliphatic carbocycles. The van der Waals surface area contributed by atoms with E-state index in [2.05, 4.69) is 36.3 Å². The van der Waals surface area contributed by atoms with Crippen LogP contribution in [-0.2, 0) is 13.0 Å². The van der Waals surface area contributed by atoms with Gasteiger partial charge in [-0.25, -0.2) is 0 Å². The molecular weight excluding hydrogens is 238 g/mol. The summed E-state index contributed by atoms with van der Waals surface area (Å²) in [5.74, 6) is 1.16. The summed E-state index contributed by atoms with van der Waals surface area (Å²) < 4.78 is 7.33. The first kappa shape index (κ1) is 12.2. The van der Waals surface area contributed by atoms with Crippen molar-refractivity contribution in [2.75, 3.05) is 7.11 Å². The SMILES string of the molecule is CCn1ncc(OC)c1C(N)C1Cc2ccccc21. The van der Waals surface area contributed by atoms with Crippen molar-refractivity contribution in [1.29, 1.82) is 0 Å². The lowest BCUT2D eigenvalue weighted by molar-refractivity contribution is 0.387. The Morgan fingerprint density at radius 2 is 2.26 bits per heavy atom. The molecule has 1 heterocycles. The van der Waals surface area contributed by atoms with Crippen molar-refractivity contribution >= 4 is 0 Å². The van der Waals surface area contributed by atoms with Crippen molar-refractivity contribution < 1.29 is 4.74 Å². The Balaban J connectivity index is 1.94. The van der Waals surface area contributed by atoms with Gasteiger partial charge < -0.3 is 10.5 Å². The molecule has 4 nitrogen and oxygen atoms in total. The van der Waals surface area contributed by atoms with E-state index in [4.69, 9.17) is 10.5 Å². The second kappa shape index (κ2) is 4.70. The quantitative estimate of drug-likeness (QED) is 0.914. The van der Waals surface area contributed by atoms with E-state index >= 15 is 0 Å². The van der Waals surface area contributed by atoms with Gasteiger partial charge in [-0.15, -0.1) is 0 Å². The molecule has 19 heavy (non-hydrogen) atoms. The van der Waals surface area contributed by atoms with E-state index in [1.807, 2.05) is 4.68 Å². The molecule has 0 spiro atoms. The summed E-state index contributed by atoms with van der Waals surface area (Å²) in [7, 11) is 1.67. The maximum Gasteiger partial charge on any atom is 0.161 e. The van der Waals surface area contributed by atoms with Gasteiger partial charge in [0.25, 0.3) is 0 Å². The number of fused-ring (bicyclic) bond motifs is 1. The summed E-state index contributed by atoms with van der Waals surface area (Å²) in [6, 6.07) is 8.44. The first-order valence-electron chi connectivity index (χ1n) is 6.69. The lowest BCUT2D eigenvalue weighted by atomic mass is 9.73. The number of nitrogens with two attached hydrogens (primary N) is 1. The Hall–Kier alpha value is -1.81. The van der Waals surface area contributed by atoms with Gasteiger partial charge in [-0.05, 0) is 24.5 Å². The number of methoxy groups -OCH3 is 1. The molecule has 0 fully saturated rings. The molecule has 2 N–H and O–H groups in total. The molecule has 2 aromatic rings. The predicted octanol–water partition coefficient (Wildman–Crippen LogP) is 2.25. The molecular formula is C15H19N3O. The fraction of sp³-hybridized carbons (Fsp3) is 0.400. The largest absolute Gasteiger partial charge is 0.493 e. The summed E-state index contributed by atoms with van der Waals surface area (Å²) in [5.41, 5.74) is 10.2. The second-order valence-electron chi connectivity index (χ2n) is 4.95. The van der Waals surface area contributed by atoms with E-state index in [9.17, 15) is 0 Å². The molecule has 100 valence electrons. The molecule has 2 unspecified atom stereocenters. The van der Waals surface area contributed by atoms with Crippen LogP contribution >= 0.6 is 0 Å². The molecule has 4 heteroatoms. The molecule has 0 radical (unpaired) electrons. The van der Waals surface area contributed by atoms with Crippen LogP contribution in [0.25, 0.3) is 0 Å². The van der Waals surface area contributed by atoms with Crippen LogP contribution in [-0.4, -0.2) is 16.9 Å². The fourth-order valence-corrected chi connectivity index (χ4v) is 2.93. The Bertz CT molecular complexity index is 569. The van der Waals surface area contributed by atoms with Crippen molar-refractivity contribution in [3.8, 4) is 5.75 Å². The number of nitrogens with zero attached hydrogens (tertiary/aromatic N) is 2. The lowest BCUT2D eigenvalue weighted by Crippen LogP contribution is -2.31. The highest BCUT2D eigenvalue weighted by Gasteiger charge is 2.34. The maximum absolute atomic E-state index is 6.47. The molecule has 3 rings (SSSR count). The van der Waals surface area contributed by atoms with Crippen LogP contribution in [0.5, 0.6) is 5.75 Å². The highest BCUT2D eigenvalue weighted by molar-refractivity contribution is 5.44. The number of benzene rings is 1. The van der Waals surface area contributed by atoms with Gasteiger partial charge in [0.1, 0.15) is 0 Å². The normalized spacial score (nSPS) is 18.6. The summed E-state index contributed by atoms with van der Waals surface area (Å²) >= 11 is 0. The van der Waals surface area contributed by atoms with Crippen molar-refractivity contribution in [3.63, 3.8) is 0 Å². The zero-order valence-corrected chi connectivity index (χ0v) is 11.3. The molecule has 2 atom stereocenters. The molecule has 0 amide bonds. The van der Waals surface area contributed by atoms with E-state index in [0.29, 0.717) is 5.92 Å². The minimum atomic E-state index is -0.0627. The molecule has 0 bridgehead atoms. The van der Waals surface area contributed by atoms with Crippen molar-refractivity contribution in [3.05, 3.63) is 47.3 Å². The van der Waals surface area contributed by atoms with Gasteiger partial charge in [0.2, 0.25) is 0 Å².